The molecule has 2 amide bonds. The zero-order valence-corrected chi connectivity index (χ0v) is 22.5. The SMILES string of the molecule is COc1ccc(CNC(=O)[C@H](CSCC2CCCCC2)NC(=O)C2CSC(c3ccccc3)N2)cc1. The Hall–Kier alpha value is -2.16. The van der Waals surface area contributed by atoms with Crippen molar-refractivity contribution in [1.29, 1.82) is 0 Å². The Morgan fingerprint density at radius 3 is 2.56 bits per heavy atom. The molecule has 0 spiro atoms. The van der Waals surface area contributed by atoms with Gasteiger partial charge >= 0.3 is 0 Å². The fourth-order valence-electron chi connectivity index (χ4n) is 4.66. The van der Waals surface area contributed by atoms with Gasteiger partial charge in [-0.3, -0.25) is 14.9 Å². The van der Waals surface area contributed by atoms with Crippen LogP contribution in [0.5, 0.6) is 5.75 Å². The summed E-state index contributed by atoms with van der Waals surface area (Å²) in [6.45, 7) is 0.413. The van der Waals surface area contributed by atoms with Crippen molar-refractivity contribution in [3.8, 4) is 5.75 Å². The number of nitrogens with one attached hydrogen (secondary N) is 3. The topological polar surface area (TPSA) is 79.5 Å². The highest BCUT2D eigenvalue weighted by Gasteiger charge is 2.32. The predicted molar refractivity (Wildman–Crippen MR) is 149 cm³/mol. The molecular weight excluding hydrogens is 490 g/mol. The van der Waals surface area contributed by atoms with Crippen LogP contribution in [0.3, 0.4) is 0 Å². The molecule has 4 rings (SSSR count). The Kier molecular flexibility index (Phi) is 10.4. The molecule has 1 aliphatic carbocycles. The lowest BCUT2D eigenvalue weighted by atomic mass is 9.91. The van der Waals surface area contributed by atoms with E-state index in [1.54, 1.807) is 30.6 Å². The maximum Gasteiger partial charge on any atom is 0.243 e. The Morgan fingerprint density at radius 2 is 1.83 bits per heavy atom. The number of amides is 2. The van der Waals surface area contributed by atoms with Gasteiger partial charge < -0.3 is 15.4 Å². The lowest BCUT2D eigenvalue weighted by molar-refractivity contribution is -0.129. The van der Waals surface area contributed by atoms with Crippen molar-refractivity contribution < 1.29 is 14.3 Å². The first kappa shape index (κ1) is 26.9. The summed E-state index contributed by atoms with van der Waals surface area (Å²) in [6.07, 6.45) is 6.50. The highest BCUT2D eigenvalue weighted by atomic mass is 32.2. The fraction of sp³-hybridized carbons (Fsp3) is 0.500. The number of ether oxygens (including phenoxy) is 1. The second-order valence-corrected chi connectivity index (χ2v) is 11.7. The molecule has 6 nitrogen and oxygen atoms in total. The van der Waals surface area contributed by atoms with E-state index in [0.717, 1.165) is 28.5 Å². The molecule has 194 valence electrons. The summed E-state index contributed by atoms with van der Waals surface area (Å²) in [6, 6.07) is 16.9. The maximum atomic E-state index is 13.2. The van der Waals surface area contributed by atoms with Gasteiger partial charge in [-0.1, -0.05) is 61.7 Å². The van der Waals surface area contributed by atoms with Crippen LogP contribution in [0.4, 0.5) is 0 Å². The first-order valence-electron chi connectivity index (χ1n) is 12.8. The van der Waals surface area contributed by atoms with Crippen LogP contribution in [0.15, 0.2) is 54.6 Å². The molecule has 36 heavy (non-hydrogen) atoms. The summed E-state index contributed by atoms with van der Waals surface area (Å²) in [5, 5.41) is 9.59. The summed E-state index contributed by atoms with van der Waals surface area (Å²) >= 11 is 3.51. The Balaban J connectivity index is 1.32. The molecule has 0 radical (unpaired) electrons. The fourth-order valence-corrected chi connectivity index (χ4v) is 7.18. The Labute approximate surface area is 223 Å². The highest BCUT2D eigenvalue weighted by molar-refractivity contribution is 7.99. The molecule has 3 atom stereocenters. The first-order chi connectivity index (χ1) is 17.6. The van der Waals surface area contributed by atoms with Crippen LogP contribution in [0.25, 0.3) is 0 Å². The molecule has 8 heteroatoms. The Bertz CT molecular complexity index is 968. The quantitative estimate of drug-likeness (QED) is 0.399. The minimum absolute atomic E-state index is 0.0879. The lowest BCUT2D eigenvalue weighted by Gasteiger charge is -2.24. The predicted octanol–water partition coefficient (Wildman–Crippen LogP) is 4.51. The van der Waals surface area contributed by atoms with Gasteiger partial charge in [0.1, 0.15) is 11.8 Å². The molecule has 1 saturated carbocycles. The molecule has 3 N–H and O–H groups in total. The summed E-state index contributed by atoms with van der Waals surface area (Å²) in [5.74, 6) is 3.57. The third kappa shape index (κ3) is 7.92. The number of rotatable bonds is 11. The zero-order chi connectivity index (χ0) is 25.2. The van der Waals surface area contributed by atoms with Gasteiger partial charge in [-0.25, -0.2) is 0 Å². The van der Waals surface area contributed by atoms with Crippen molar-refractivity contribution in [2.75, 3.05) is 24.4 Å². The molecule has 1 aliphatic heterocycles. The van der Waals surface area contributed by atoms with Crippen molar-refractivity contribution >= 4 is 35.3 Å². The smallest absolute Gasteiger partial charge is 0.243 e. The molecule has 2 aromatic rings. The molecule has 0 aromatic heterocycles. The molecule has 2 fully saturated rings. The standard InChI is InChI=1S/C28H37N3O3S2/c1-34-23-14-12-20(13-15-23)16-29-26(32)24(18-35-17-21-8-4-2-5-9-21)30-27(33)25-19-36-28(31-25)22-10-6-3-7-11-22/h3,6-7,10-15,21,24-25,28,31H,2,4-5,8-9,16-19H2,1H3,(H,29,32)(H,30,33)/t24-,25?,28?/m0/s1. The minimum Gasteiger partial charge on any atom is -0.497 e. The number of carbonyl (C=O) groups excluding carboxylic acids is 2. The monoisotopic (exact) mass is 527 g/mol. The maximum absolute atomic E-state index is 13.2. The minimum atomic E-state index is -0.563. The van der Waals surface area contributed by atoms with Crippen molar-refractivity contribution in [2.24, 2.45) is 5.92 Å². The van der Waals surface area contributed by atoms with E-state index in [0.29, 0.717) is 18.1 Å². The average molecular weight is 528 g/mol. The second kappa shape index (κ2) is 14.0. The zero-order valence-electron chi connectivity index (χ0n) is 20.9. The van der Waals surface area contributed by atoms with Crippen LogP contribution in [0, 0.1) is 5.92 Å². The highest BCUT2D eigenvalue weighted by Crippen LogP contribution is 2.32. The van der Waals surface area contributed by atoms with E-state index in [1.807, 2.05) is 42.5 Å². The van der Waals surface area contributed by atoms with Crippen molar-refractivity contribution in [3.63, 3.8) is 0 Å². The molecule has 2 unspecified atom stereocenters. The molecule has 1 heterocycles. The van der Waals surface area contributed by atoms with E-state index in [4.69, 9.17) is 4.74 Å². The molecule has 2 aromatic carbocycles. The largest absolute Gasteiger partial charge is 0.497 e. The number of carbonyl (C=O) groups is 2. The van der Waals surface area contributed by atoms with Gasteiger partial charge in [0.25, 0.3) is 0 Å². The summed E-state index contributed by atoms with van der Waals surface area (Å²) in [7, 11) is 1.63. The number of benzene rings is 2. The van der Waals surface area contributed by atoms with Crippen LogP contribution in [0.1, 0.15) is 48.6 Å². The molecule has 2 aliphatic rings. The van der Waals surface area contributed by atoms with Crippen LogP contribution < -0.4 is 20.7 Å². The summed E-state index contributed by atoms with van der Waals surface area (Å²) < 4.78 is 5.21. The van der Waals surface area contributed by atoms with Crippen molar-refractivity contribution in [1.82, 2.24) is 16.0 Å². The lowest BCUT2D eigenvalue weighted by Crippen LogP contribution is -2.53. The number of methoxy groups -OCH3 is 1. The molecule has 1 saturated heterocycles. The van der Waals surface area contributed by atoms with Crippen LogP contribution in [-0.2, 0) is 16.1 Å². The first-order valence-corrected chi connectivity index (χ1v) is 15.0. The van der Waals surface area contributed by atoms with E-state index in [1.165, 1.54) is 32.1 Å². The van der Waals surface area contributed by atoms with E-state index >= 15 is 0 Å². The van der Waals surface area contributed by atoms with Gasteiger partial charge in [-0.2, -0.15) is 11.8 Å². The van der Waals surface area contributed by atoms with E-state index in [9.17, 15) is 9.59 Å². The number of hydrogen-bond acceptors (Lipinski definition) is 6. The van der Waals surface area contributed by atoms with Crippen molar-refractivity contribution in [3.05, 3.63) is 65.7 Å². The second-order valence-electron chi connectivity index (χ2n) is 9.51. The summed E-state index contributed by atoms with van der Waals surface area (Å²) in [4.78, 5) is 26.3. The van der Waals surface area contributed by atoms with Gasteiger partial charge in [-0.05, 0) is 47.8 Å². The average Bonchev–Trinajstić information content (AvgIpc) is 3.43. The van der Waals surface area contributed by atoms with Gasteiger partial charge in [-0.15, -0.1) is 11.8 Å². The third-order valence-electron chi connectivity index (χ3n) is 6.82. The number of hydrogen-bond donors (Lipinski definition) is 3. The van der Waals surface area contributed by atoms with Gasteiger partial charge in [0, 0.05) is 18.1 Å². The van der Waals surface area contributed by atoms with Crippen molar-refractivity contribution in [2.45, 2.75) is 56.1 Å². The number of thioether (sulfide) groups is 2. The molecule has 0 bridgehead atoms. The van der Waals surface area contributed by atoms with Crippen LogP contribution >= 0.6 is 23.5 Å². The Morgan fingerprint density at radius 1 is 1.08 bits per heavy atom. The van der Waals surface area contributed by atoms with E-state index < -0.39 is 6.04 Å². The van der Waals surface area contributed by atoms with Gasteiger partial charge in [0.15, 0.2) is 0 Å². The van der Waals surface area contributed by atoms with Gasteiger partial charge in [0.05, 0.1) is 18.5 Å². The van der Waals surface area contributed by atoms with E-state index in [2.05, 4.69) is 28.1 Å². The normalized spacial score (nSPS) is 21.0. The third-order valence-corrected chi connectivity index (χ3v) is 9.37. The molecular formula is C28H37N3O3S2. The van der Waals surface area contributed by atoms with Crippen LogP contribution in [-0.4, -0.2) is 48.3 Å². The van der Waals surface area contributed by atoms with Crippen LogP contribution in [0.2, 0.25) is 0 Å². The van der Waals surface area contributed by atoms with E-state index in [-0.39, 0.29) is 23.2 Å². The van der Waals surface area contributed by atoms with Gasteiger partial charge in [0.2, 0.25) is 11.8 Å². The summed E-state index contributed by atoms with van der Waals surface area (Å²) in [5.41, 5.74) is 2.15.